The first-order valence-corrected chi connectivity index (χ1v) is 10.2. The number of halogens is 1. The van der Waals surface area contributed by atoms with Gasteiger partial charge in [-0.2, -0.15) is 4.99 Å². The van der Waals surface area contributed by atoms with E-state index >= 15 is 0 Å². The Morgan fingerprint density at radius 3 is 2.79 bits per heavy atom. The molecule has 2 heterocycles. The van der Waals surface area contributed by atoms with Crippen LogP contribution in [-0.4, -0.2) is 34.5 Å². The Morgan fingerprint density at radius 2 is 2.07 bits per heavy atom. The fourth-order valence-corrected chi connectivity index (χ4v) is 3.78. The maximum Gasteiger partial charge on any atom is 0.253 e. The van der Waals surface area contributed by atoms with Gasteiger partial charge in [0.1, 0.15) is 11.8 Å². The third-order valence-corrected chi connectivity index (χ3v) is 5.70. The summed E-state index contributed by atoms with van der Waals surface area (Å²) in [7, 11) is 0. The van der Waals surface area contributed by atoms with Crippen molar-refractivity contribution < 1.29 is 13.7 Å². The molecule has 1 aliphatic rings. The molecule has 0 spiro atoms. The molecule has 0 radical (unpaired) electrons. The monoisotopic (exact) mass is 412 g/mol. The largest absolute Gasteiger partial charge is 0.369 e. The highest BCUT2D eigenvalue weighted by Gasteiger charge is 2.18. The predicted molar refractivity (Wildman–Crippen MR) is 112 cm³/mol. The number of hydrogen-bond donors (Lipinski definition) is 1. The van der Waals surface area contributed by atoms with Gasteiger partial charge in [0, 0.05) is 17.5 Å². The molecule has 1 aliphatic heterocycles. The first-order valence-electron chi connectivity index (χ1n) is 9.25. The summed E-state index contributed by atoms with van der Waals surface area (Å²) < 4.78 is 27.1. The molecule has 1 atom stereocenters. The van der Waals surface area contributed by atoms with Gasteiger partial charge in [0.25, 0.3) is 5.88 Å². The molecule has 150 valence electrons. The maximum absolute atomic E-state index is 14.7. The van der Waals surface area contributed by atoms with Crippen LogP contribution in [0.25, 0.3) is 11.1 Å². The van der Waals surface area contributed by atoms with E-state index in [9.17, 15) is 4.39 Å². The highest BCUT2D eigenvalue weighted by Crippen LogP contribution is 2.30. The van der Waals surface area contributed by atoms with Gasteiger partial charge in [0.15, 0.2) is 0 Å². The van der Waals surface area contributed by atoms with E-state index in [1.807, 2.05) is 47.6 Å². The Balaban J connectivity index is 1.51. The van der Waals surface area contributed by atoms with Crippen LogP contribution in [0.5, 0.6) is 0 Å². The minimum atomic E-state index is -0.268. The van der Waals surface area contributed by atoms with Crippen molar-refractivity contribution >= 4 is 23.8 Å². The molecule has 2 N–H and O–H groups in total. The highest BCUT2D eigenvalue weighted by atomic mass is 32.2. The molecular formula is C21H21FN4O2S. The number of guanidine groups is 1. The molecule has 0 amide bonds. The molecule has 0 saturated carbocycles. The maximum atomic E-state index is 14.7. The number of aromatic nitrogens is 1. The Morgan fingerprint density at radius 1 is 1.24 bits per heavy atom. The van der Waals surface area contributed by atoms with Crippen LogP contribution in [0, 0.1) is 5.82 Å². The summed E-state index contributed by atoms with van der Waals surface area (Å²) in [4.78, 5) is 4.29. The van der Waals surface area contributed by atoms with Gasteiger partial charge in [0.2, 0.25) is 5.96 Å². The zero-order valence-corrected chi connectivity index (χ0v) is 16.7. The summed E-state index contributed by atoms with van der Waals surface area (Å²) in [6, 6.07) is 16.5. The lowest BCUT2D eigenvalue weighted by molar-refractivity contribution is 0.162. The average Bonchev–Trinajstić information content (AvgIpc) is 3.23. The van der Waals surface area contributed by atoms with Gasteiger partial charge >= 0.3 is 0 Å². The third kappa shape index (κ3) is 4.44. The van der Waals surface area contributed by atoms with Crippen molar-refractivity contribution in [1.29, 1.82) is 0 Å². The summed E-state index contributed by atoms with van der Waals surface area (Å²) >= 11 is 1.45. The lowest BCUT2D eigenvalue weighted by Crippen LogP contribution is -2.37. The summed E-state index contributed by atoms with van der Waals surface area (Å²) in [5.41, 5.74) is 8.92. The van der Waals surface area contributed by atoms with E-state index in [0.29, 0.717) is 42.2 Å². The highest BCUT2D eigenvalue weighted by molar-refractivity contribution is 7.97. The van der Waals surface area contributed by atoms with Crippen LogP contribution in [0.2, 0.25) is 0 Å². The molecule has 1 aromatic heterocycles. The minimum Gasteiger partial charge on any atom is -0.369 e. The number of aliphatic imine (C=N–C) groups is 1. The van der Waals surface area contributed by atoms with Crippen LogP contribution in [-0.2, 0) is 4.74 Å². The fraction of sp³-hybridized carbons (Fsp3) is 0.238. The quantitative estimate of drug-likeness (QED) is 0.386. The first-order chi connectivity index (χ1) is 14.1. The number of hydrogen-bond acceptors (Lipinski definition) is 5. The van der Waals surface area contributed by atoms with Gasteiger partial charge in [-0.15, -0.1) is 0 Å². The molecule has 0 aliphatic carbocycles. The van der Waals surface area contributed by atoms with Crippen molar-refractivity contribution in [3.63, 3.8) is 0 Å². The average molecular weight is 412 g/mol. The molecule has 0 bridgehead atoms. The van der Waals surface area contributed by atoms with Crippen molar-refractivity contribution in [3.8, 4) is 11.1 Å². The summed E-state index contributed by atoms with van der Waals surface area (Å²) in [5.74, 6) is 0.779. The number of rotatable bonds is 4. The van der Waals surface area contributed by atoms with Crippen molar-refractivity contribution in [1.82, 2.24) is 9.46 Å². The standard InChI is InChI=1S/C21H21FN4O2S/c1-14(16-7-8-17(18(22)11-16)15-5-3-2-4-6-15)19-12-20(28-25-19)24-21(23)26-9-10-27-13-29-26/h2-8,11-12,14H,9-10,13H2,1H3,(H2,23,24). The van der Waals surface area contributed by atoms with Crippen molar-refractivity contribution in [3.05, 3.63) is 71.7 Å². The second kappa shape index (κ2) is 8.67. The van der Waals surface area contributed by atoms with Crippen LogP contribution in [0.4, 0.5) is 10.3 Å². The third-order valence-electron chi connectivity index (χ3n) is 4.75. The Bertz CT molecular complexity index is 1000. The van der Waals surface area contributed by atoms with Crippen molar-refractivity contribution in [2.24, 2.45) is 10.7 Å². The summed E-state index contributed by atoms with van der Waals surface area (Å²) in [5, 5.41) is 4.09. The van der Waals surface area contributed by atoms with E-state index in [1.165, 1.54) is 11.9 Å². The second-order valence-corrected chi connectivity index (χ2v) is 7.58. The second-order valence-electron chi connectivity index (χ2n) is 6.64. The van der Waals surface area contributed by atoms with E-state index in [2.05, 4.69) is 10.1 Å². The van der Waals surface area contributed by atoms with Gasteiger partial charge < -0.3 is 15.0 Å². The van der Waals surface area contributed by atoms with Gasteiger partial charge in [-0.1, -0.05) is 54.5 Å². The number of ether oxygens (including phenoxy) is 1. The van der Waals surface area contributed by atoms with Crippen LogP contribution >= 0.6 is 11.9 Å². The van der Waals surface area contributed by atoms with Gasteiger partial charge in [-0.25, -0.2) is 4.39 Å². The summed E-state index contributed by atoms with van der Waals surface area (Å²) in [6.07, 6.45) is 0. The molecule has 8 heteroatoms. The van der Waals surface area contributed by atoms with E-state index in [4.69, 9.17) is 15.0 Å². The van der Waals surface area contributed by atoms with E-state index in [-0.39, 0.29) is 11.7 Å². The fourth-order valence-electron chi connectivity index (χ4n) is 3.08. The van der Waals surface area contributed by atoms with Gasteiger partial charge in [-0.05, 0) is 29.1 Å². The number of nitrogens with zero attached hydrogens (tertiary/aromatic N) is 3. The smallest absolute Gasteiger partial charge is 0.253 e. The van der Waals surface area contributed by atoms with Crippen molar-refractivity contribution in [2.45, 2.75) is 12.8 Å². The lowest BCUT2D eigenvalue weighted by Gasteiger charge is -2.25. The van der Waals surface area contributed by atoms with E-state index in [1.54, 1.807) is 18.2 Å². The normalized spacial score (nSPS) is 16.1. The zero-order chi connectivity index (χ0) is 20.2. The molecule has 29 heavy (non-hydrogen) atoms. The zero-order valence-electron chi connectivity index (χ0n) is 15.9. The van der Waals surface area contributed by atoms with Crippen LogP contribution < -0.4 is 5.73 Å². The SMILES string of the molecule is CC(c1ccc(-c2ccccc2)c(F)c1)c1cc(N=C(N)N2CCOCS2)on1. The molecule has 1 unspecified atom stereocenters. The Kier molecular flexibility index (Phi) is 5.82. The molecular weight excluding hydrogens is 391 g/mol. The van der Waals surface area contributed by atoms with Gasteiger partial charge in [0.05, 0.1) is 18.8 Å². The van der Waals surface area contributed by atoms with Crippen LogP contribution in [0.3, 0.4) is 0 Å². The van der Waals surface area contributed by atoms with Gasteiger partial charge in [-0.3, -0.25) is 4.31 Å². The molecule has 2 aromatic carbocycles. The lowest BCUT2D eigenvalue weighted by atomic mass is 9.95. The number of nitrogens with two attached hydrogens (primary N) is 1. The molecule has 1 saturated heterocycles. The van der Waals surface area contributed by atoms with E-state index < -0.39 is 0 Å². The molecule has 4 rings (SSSR count). The van der Waals surface area contributed by atoms with Crippen LogP contribution in [0.15, 0.2) is 64.1 Å². The Labute approximate surface area is 172 Å². The topological polar surface area (TPSA) is 76.9 Å². The minimum absolute atomic E-state index is 0.152. The predicted octanol–water partition coefficient (Wildman–Crippen LogP) is 4.52. The van der Waals surface area contributed by atoms with Crippen molar-refractivity contribution in [2.75, 3.05) is 19.1 Å². The van der Waals surface area contributed by atoms with E-state index in [0.717, 1.165) is 11.1 Å². The first kappa shape index (κ1) is 19.5. The van der Waals surface area contributed by atoms with Crippen LogP contribution in [0.1, 0.15) is 24.1 Å². The molecule has 3 aromatic rings. The Hall–Kier alpha value is -2.84. The molecule has 1 fully saturated rings. The molecule has 6 nitrogen and oxygen atoms in total. The summed E-state index contributed by atoms with van der Waals surface area (Å²) in [6.45, 7) is 3.21. The number of benzene rings is 2.